The fourth-order valence-corrected chi connectivity index (χ4v) is 1.78. The van der Waals surface area contributed by atoms with Gasteiger partial charge >= 0.3 is 0 Å². The van der Waals surface area contributed by atoms with Gasteiger partial charge in [-0.3, -0.25) is 0 Å². The van der Waals surface area contributed by atoms with Crippen molar-refractivity contribution in [1.82, 2.24) is 14.9 Å². The maximum atomic E-state index is 4.43. The van der Waals surface area contributed by atoms with E-state index in [1.807, 2.05) is 20.0 Å². The topological polar surface area (TPSA) is 53.1 Å². The number of aryl methyl sites for hydroxylation is 1. The molecule has 0 spiro atoms. The predicted molar refractivity (Wildman–Crippen MR) is 77.1 cm³/mol. The van der Waals surface area contributed by atoms with E-state index in [1.54, 1.807) is 0 Å². The maximum Gasteiger partial charge on any atom is 0.132 e. The van der Waals surface area contributed by atoms with Gasteiger partial charge in [0, 0.05) is 25.7 Å². The second-order valence-corrected chi connectivity index (χ2v) is 5.19. The number of likely N-dealkylation sites (N-methyl/N-ethyl adjacent to an activating group) is 1. The SMILES string of the molecule is CNc1cc(NC(CN(C)C)C(C)C)nc(C)n1. The van der Waals surface area contributed by atoms with Crippen LogP contribution in [0.25, 0.3) is 0 Å². The summed E-state index contributed by atoms with van der Waals surface area (Å²) >= 11 is 0. The van der Waals surface area contributed by atoms with E-state index < -0.39 is 0 Å². The van der Waals surface area contributed by atoms with Crippen molar-refractivity contribution in [3.63, 3.8) is 0 Å². The van der Waals surface area contributed by atoms with E-state index in [2.05, 4.69) is 53.4 Å². The third-order valence-electron chi connectivity index (χ3n) is 2.79. The van der Waals surface area contributed by atoms with Crippen molar-refractivity contribution in [2.24, 2.45) is 5.92 Å². The molecule has 0 fully saturated rings. The molecule has 5 nitrogen and oxygen atoms in total. The molecule has 1 rings (SSSR count). The Kier molecular flexibility index (Phi) is 5.34. The molecule has 0 saturated carbocycles. The maximum absolute atomic E-state index is 4.43. The van der Waals surface area contributed by atoms with Crippen LogP contribution in [0.15, 0.2) is 6.07 Å². The van der Waals surface area contributed by atoms with Crippen LogP contribution in [-0.2, 0) is 0 Å². The van der Waals surface area contributed by atoms with Gasteiger partial charge in [0.2, 0.25) is 0 Å². The average Bonchev–Trinajstić information content (AvgIpc) is 2.26. The quantitative estimate of drug-likeness (QED) is 0.808. The van der Waals surface area contributed by atoms with Crippen molar-refractivity contribution < 1.29 is 0 Å². The number of hydrogen-bond acceptors (Lipinski definition) is 5. The Hall–Kier alpha value is -1.36. The molecular weight excluding hydrogens is 226 g/mol. The van der Waals surface area contributed by atoms with Crippen LogP contribution >= 0.6 is 0 Å². The van der Waals surface area contributed by atoms with Gasteiger partial charge in [-0.05, 0) is 26.9 Å². The van der Waals surface area contributed by atoms with Gasteiger partial charge in [-0.1, -0.05) is 13.8 Å². The summed E-state index contributed by atoms with van der Waals surface area (Å²) in [6.45, 7) is 7.32. The van der Waals surface area contributed by atoms with Crippen LogP contribution in [0.3, 0.4) is 0 Å². The molecule has 1 atom stereocenters. The van der Waals surface area contributed by atoms with E-state index >= 15 is 0 Å². The van der Waals surface area contributed by atoms with E-state index in [-0.39, 0.29) is 0 Å². The number of nitrogens with one attached hydrogen (secondary N) is 2. The molecule has 0 aliphatic carbocycles. The molecule has 1 unspecified atom stereocenters. The molecule has 0 bridgehead atoms. The van der Waals surface area contributed by atoms with E-state index in [1.165, 1.54) is 0 Å². The third-order valence-corrected chi connectivity index (χ3v) is 2.79. The number of nitrogens with zero attached hydrogens (tertiary/aromatic N) is 3. The monoisotopic (exact) mass is 251 g/mol. The minimum absolute atomic E-state index is 0.374. The average molecular weight is 251 g/mol. The highest BCUT2D eigenvalue weighted by Gasteiger charge is 2.15. The van der Waals surface area contributed by atoms with Gasteiger partial charge in [0.05, 0.1) is 0 Å². The van der Waals surface area contributed by atoms with Gasteiger partial charge in [0.15, 0.2) is 0 Å². The molecule has 18 heavy (non-hydrogen) atoms. The van der Waals surface area contributed by atoms with Crippen molar-refractivity contribution >= 4 is 11.6 Å². The Labute approximate surface area is 110 Å². The summed E-state index contributed by atoms with van der Waals surface area (Å²) in [5, 5.41) is 6.54. The molecule has 0 aromatic carbocycles. The first kappa shape index (κ1) is 14.7. The van der Waals surface area contributed by atoms with E-state index in [4.69, 9.17) is 0 Å². The highest BCUT2D eigenvalue weighted by molar-refractivity contribution is 5.47. The van der Waals surface area contributed by atoms with Crippen LogP contribution in [0, 0.1) is 12.8 Å². The molecule has 0 aliphatic rings. The lowest BCUT2D eigenvalue weighted by molar-refractivity contribution is 0.344. The summed E-state index contributed by atoms with van der Waals surface area (Å²) in [5.74, 6) is 3.04. The number of aromatic nitrogens is 2. The fraction of sp³-hybridized carbons (Fsp3) is 0.692. The van der Waals surface area contributed by atoms with Crippen LogP contribution in [-0.4, -0.2) is 48.6 Å². The summed E-state index contributed by atoms with van der Waals surface area (Å²) < 4.78 is 0. The van der Waals surface area contributed by atoms with Crippen molar-refractivity contribution in [2.75, 3.05) is 38.3 Å². The molecule has 2 N–H and O–H groups in total. The zero-order valence-electron chi connectivity index (χ0n) is 12.3. The van der Waals surface area contributed by atoms with Gasteiger partial charge in [0.1, 0.15) is 17.5 Å². The summed E-state index contributed by atoms with van der Waals surface area (Å²) in [6.07, 6.45) is 0. The van der Waals surface area contributed by atoms with E-state index in [9.17, 15) is 0 Å². The first-order valence-electron chi connectivity index (χ1n) is 6.37. The molecule has 1 aromatic rings. The molecular formula is C13H25N5. The smallest absolute Gasteiger partial charge is 0.132 e. The molecule has 1 heterocycles. The van der Waals surface area contributed by atoms with Crippen LogP contribution < -0.4 is 10.6 Å². The summed E-state index contributed by atoms with van der Waals surface area (Å²) in [5.41, 5.74) is 0. The van der Waals surface area contributed by atoms with Crippen LogP contribution in [0.1, 0.15) is 19.7 Å². The highest BCUT2D eigenvalue weighted by atomic mass is 15.1. The lowest BCUT2D eigenvalue weighted by Gasteiger charge is -2.26. The second-order valence-electron chi connectivity index (χ2n) is 5.19. The lowest BCUT2D eigenvalue weighted by Crippen LogP contribution is -2.36. The second kappa shape index (κ2) is 6.54. The molecule has 102 valence electrons. The van der Waals surface area contributed by atoms with Crippen molar-refractivity contribution in [3.05, 3.63) is 11.9 Å². The van der Waals surface area contributed by atoms with Crippen molar-refractivity contribution in [3.8, 4) is 0 Å². The van der Waals surface area contributed by atoms with Gasteiger partial charge in [-0.25, -0.2) is 9.97 Å². The molecule has 0 aliphatic heterocycles. The van der Waals surface area contributed by atoms with Gasteiger partial charge in [0.25, 0.3) is 0 Å². The Morgan fingerprint density at radius 1 is 1.22 bits per heavy atom. The Bertz CT molecular complexity index is 376. The highest BCUT2D eigenvalue weighted by Crippen LogP contribution is 2.14. The first-order valence-corrected chi connectivity index (χ1v) is 6.37. The number of rotatable bonds is 6. The Morgan fingerprint density at radius 3 is 2.33 bits per heavy atom. The molecule has 0 amide bonds. The van der Waals surface area contributed by atoms with Crippen LogP contribution in [0.2, 0.25) is 0 Å². The largest absolute Gasteiger partial charge is 0.373 e. The minimum atomic E-state index is 0.374. The Balaban J connectivity index is 2.82. The summed E-state index contributed by atoms with van der Waals surface area (Å²) in [6, 6.07) is 2.32. The minimum Gasteiger partial charge on any atom is -0.373 e. The van der Waals surface area contributed by atoms with Crippen LogP contribution in [0.5, 0.6) is 0 Å². The normalized spacial score (nSPS) is 12.9. The van der Waals surface area contributed by atoms with Gasteiger partial charge < -0.3 is 15.5 Å². The molecule has 1 aromatic heterocycles. The van der Waals surface area contributed by atoms with E-state index in [0.29, 0.717) is 12.0 Å². The lowest BCUT2D eigenvalue weighted by atomic mass is 10.0. The summed E-state index contributed by atoms with van der Waals surface area (Å²) in [4.78, 5) is 10.9. The fourth-order valence-electron chi connectivity index (χ4n) is 1.78. The molecule has 0 radical (unpaired) electrons. The van der Waals surface area contributed by atoms with Crippen molar-refractivity contribution in [2.45, 2.75) is 26.8 Å². The third kappa shape index (κ3) is 4.49. The van der Waals surface area contributed by atoms with Crippen LogP contribution in [0.4, 0.5) is 11.6 Å². The van der Waals surface area contributed by atoms with Crippen molar-refractivity contribution in [1.29, 1.82) is 0 Å². The van der Waals surface area contributed by atoms with Gasteiger partial charge in [-0.15, -0.1) is 0 Å². The number of anilines is 2. The zero-order chi connectivity index (χ0) is 13.7. The first-order chi connectivity index (χ1) is 8.42. The number of hydrogen-bond donors (Lipinski definition) is 2. The predicted octanol–water partition coefficient (Wildman–Crippen LogP) is 1.82. The Morgan fingerprint density at radius 2 is 1.83 bits per heavy atom. The summed E-state index contributed by atoms with van der Waals surface area (Å²) in [7, 11) is 6.04. The van der Waals surface area contributed by atoms with E-state index in [0.717, 1.165) is 24.0 Å². The standard InChI is InChI=1S/C13H25N5/c1-9(2)11(8-18(5)6)17-13-7-12(14-4)15-10(3)16-13/h7,9,11H,8H2,1-6H3,(H2,14,15,16,17). The molecule has 0 saturated heterocycles. The zero-order valence-corrected chi connectivity index (χ0v) is 12.3. The molecule has 5 heteroatoms. The van der Waals surface area contributed by atoms with Gasteiger partial charge in [-0.2, -0.15) is 0 Å².